The van der Waals surface area contributed by atoms with Crippen LogP contribution in [0.4, 0.5) is 0 Å². The minimum absolute atomic E-state index is 0.312. The zero-order chi connectivity index (χ0) is 14.5. The highest BCUT2D eigenvalue weighted by Crippen LogP contribution is 2.24. The number of esters is 1. The number of rotatable bonds is 5. The van der Waals surface area contributed by atoms with Crippen LogP contribution in [-0.4, -0.2) is 43.1 Å². The lowest BCUT2D eigenvalue weighted by molar-refractivity contribution is 0.0520. The molecule has 0 atom stereocenters. The maximum atomic E-state index is 12.0. The molecule has 0 aliphatic heterocycles. The van der Waals surface area contributed by atoms with Crippen LogP contribution in [0.1, 0.15) is 23.0 Å². The average molecular weight is 272 g/mol. The van der Waals surface area contributed by atoms with E-state index in [-0.39, 0.29) is 5.97 Å². The van der Waals surface area contributed by atoms with E-state index >= 15 is 0 Å². The molecule has 0 fully saturated rings. The van der Waals surface area contributed by atoms with E-state index in [1.807, 2.05) is 57.4 Å². The molecule has 0 saturated heterocycles. The van der Waals surface area contributed by atoms with Crippen molar-refractivity contribution >= 4 is 22.9 Å². The fourth-order valence-corrected chi connectivity index (χ4v) is 2.08. The molecule has 2 rings (SSSR count). The lowest BCUT2D eigenvalue weighted by atomic mass is 10.1. The number of hydrogen-bond acceptors (Lipinski definition) is 3. The number of nitrogens with one attached hydrogen (secondary N) is 1. The van der Waals surface area contributed by atoms with Crippen molar-refractivity contribution in [2.24, 2.45) is 0 Å². The van der Waals surface area contributed by atoms with Gasteiger partial charge in [0.2, 0.25) is 0 Å². The number of carbonyl (C=O) groups is 1. The van der Waals surface area contributed by atoms with Gasteiger partial charge in [-0.3, -0.25) is 0 Å². The van der Waals surface area contributed by atoms with Crippen molar-refractivity contribution in [3.05, 3.63) is 41.6 Å². The number of fused-ring (bicyclic) bond motifs is 1. The zero-order valence-corrected chi connectivity index (χ0v) is 12.1. The molecule has 0 spiro atoms. The fraction of sp³-hybridized carbons (Fsp3) is 0.312. The van der Waals surface area contributed by atoms with Crippen molar-refractivity contribution in [3.63, 3.8) is 0 Å². The van der Waals surface area contributed by atoms with Crippen molar-refractivity contribution < 1.29 is 9.53 Å². The number of aromatic nitrogens is 1. The molecule has 20 heavy (non-hydrogen) atoms. The van der Waals surface area contributed by atoms with Crippen LogP contribution in [0.2, 0.25) is 0 Å². The number of benzene rings is 1. The minimum atomic E-state index is -0.312. The number of ether oxygens (including phenoxy) is 1. The Labute approximate surface area is 119 Å². The summed E-state index contributed by atoms with van der Waals surface area (Å²) in [7, 11) is 4.01. The van der Waals surface area contributed by atoms with Crippen LogP contribution < -0.4 is 0 Å². The predicted octanol–water partition coefficient (Wildman–Crippen LogP) is 2.92. The van der Waals surface area contributed by atoms with Gasteiger partial charge in [0, 0.05) is 23.0 Å². The number of carbonyl (C=O) groups excluding carboxylic acids is 1. The Balaban J connectivity index is 2.44. The van der Waals surface area contributed by atoms with Gasteiger partial charge in [-0.05, 0) is 27.1 Å². The van der Waals surface area contributed by atoms with Crippen LogP contribution in [0, 0.1) is 0 Å². The number of hydrogen-bond donors (Lipinski definition) is 1. The molecule has 0 bridgehead atoms. The molecule has 0 aliphatic rings. The molecule has 1 N–H and O–H groups in total. The first kappa shape index (κ1) is 14.3. The van der Waals surface area contributed by atoms with Gasteiger partial charge in [-0.2, -0.15) is 0 Å². The standard InChI is InChI=1S/C16H20N2O2/c1-4-20-16(19)15-13(9-7-11-18(2)3)12-8-5-6-10-14(12)17-15/h5-10,17H,4,11H2,1-3H3/b9-7+. The number of para-hydroxylation sites is 1. The zero-order valence-electron chi connectivity index (χ0n) is 12.1. The second-order valence-corrected chi connectivity index (χ2v) is 4.84. The summed E-state index contributed by atoms with van der Waals surface area (Å²) in [5.41, 5.74) is 2.35. The predicted molar refractivity (Wildman–Crippen MR) is 81.8 cm³/mol. The average Bonchev–Trinajstić information content (AvgIpc) is 2.78. The highest BCUT2D eigenvalue weighted by atomic mass is 16.5. The number of likely N-dealkylation sites (N-methyl/N-ethyl adjacent to an activating group) is 1. The largest absolute Gasteiger partial charge is 0.461 e. The van der Waals surface area contributed by atoms with Gasteiger partial charge in [-0.25, -0.2) is 4.79 Å². The summed E-state index contributed by atoms with van der Waals surface area (Å²) in [5.74, 6) is -0.312. The molecule has 1 heterocycles. The maximum absolute atomic E-state index is 12.0. The van der Waals surface area contributed by atoms with Gasteiger partial charge in [-0.15, -0.1) is 0 Å². The summed E-state index contributed by atoms with van der Waals surface area (Å²) >= 11 is 0. The van der Waals surface area contributed by atoms with E-state index in [4.69, 9.17) is 4.74 Å². The molecular weight excluding hydrogens is 252 g/mol. The Morgan fingerprint density at radius 2 is 2.10 bits per heavy atom. The van der Waals surface area contributed by atoms with E-state index in [2.05, 4.69) is 9.88 Å². The molecule has 106 valence electrons. The van der Waals surface area contributed by atoms with Gasteiger partial charge in [0.1, 0.15) is 5.69 Å². The third-order valence-electron chi connectivity index (χ3n) is 2.98. The second kappa shape index (κ2) is 6.39. The van der Waals surface area contributed by atoms with Crippen LogP contribution in [0.5, 0.6) is 0 Å². The first-order chi connectivity index (χ1) is 9.63. The lowest BCUT2D eigenvalue weighted by Crippen LogP contribution is -2.10. The second-order valence-electron chi connectivity index (χ2n) is 4.84. The van der Waals surface area contributed by atoms with E-state index < -0.39 is 0 Å². The van der Waals surface area contributed by atoms with E-state index in [1.165, 1.54) is 0 Å². The smallest absolute Gasteiger partial charge is 0.355 e. The SMILES string of the molecule is CCOC(=O)c1[nH]c2ccccc2c1/C=C/CN(C)C. The van der Waals surface area contributed by atoms with E-state index in [0.717, 1.165) is 23.0 Å². The molecule has 0 saturated carbocycles. The molecule has 0 amide bonds. The topological polar surface area (TPSA) is 45.3 Å². The van der Waals surface area contributed by atoms with Crippen LogP contribution in [-0.2, 0) is 4.74 Å². The third kappa shape index (κ3) is 3.08. The van der Waals surface area contributed by atoms with Crippen molar-refractivity contribution in [2.45, 2.75) is 6.92 Å². The van der Waals surface area contributed by atoms with Crippen LogP contribution >= 0.6 is 0 Å². The molecular formula is C16H20N2O2. The summed E-state index contributed by atoms with van der Waals surface area (Å²) in [6.45, 7) is 3.00. The Bertz CT molecular complexity index is 626. The molecule has 1 aromatic carbocycles. The van der Waals surface area contributed by atoms with Crippen molar-refractivity contribution in [2.75, 3.05) is 27.2 Å². The van der Waals surface area contributed by atoms with Gasteiger partial charge in [-0.1, -0.05) is 30.4 Å². The van der Waals surface area contributed by atoms with Crippen LogP contribution in [0.3, 0.4) is 0 Å². The lowest BCUT2D eigenvalue weighted by Gasteiger charge is -2.04. The van der Waals surface area contributed by atoms with E-state index in [1.54, 1.807) is 0 Å². The first-order valence-corrected chi connectivity index (χ1v) is 6.72. The van der Waals surface area contributed by atoms with Crippen molar-refractivity contribution in [1.82, 2.24) is 9.88 Å². The Hall–Kier alpha value is -2.07. The Morgan fingerprint density at radius 3 is 2.80 bits per heavy atom. The van der Waals surface area contributed by atoms with Gasteiger partial charge in [0.25, 0.3) is 0 Å². The maximum Gasteiger partial charge on any atom is 0.355 e. The molecule has 0 unspecified atom stereocenters. The summed E-state index contributed by atoms with van der Waals surface area (Å²) < 4.78 is 5.11. The normalized spacial score (nSPS) is 11.6. The number of nitrogens with zero attached hydrogens (tertiary/aromatic N) is 1. The number of aromatic amines is 1. The molecule has 1 aromatic heterocycles. The van der Waals surface area contributed by atoms with E-state index in [0.29, 0.717) is 12.3 Å². The summed E-state index contributed by atoms with van der Waals surface area (Å²) in [6, 6.07) is 7.88. The monoisotopic (exact) mass is 272 g/mol. The Morgan fingerprint density at radius 1 is 1.35 bits per heavy atom. The molecule has 0 aliphatic carbocycles. The van der Waals surface area contributed by atoms with E-state index in [9.17, 15) is 4.79 Å². The highest BCUT2D eigenvalue weighted by Gasteiger charge is 2.16. The van der Waals surface area contributed by atoms with Crippen LogP contribution in [0.15, 0.2) is 30.3 Å². The molecule has 4 heteroatoms. The summed E-state index contributed by atoms with van der Waals surface area (Å²) in [6.07, 6.45) is 4.02. The fourth-order valence-electron chi connectivity index (χ4n) is 2.08. The summed E-state index contributed by atoms with van der Waals surface area (Å²) in [4.78, 5) is 17.2. The third-order valence-corrected chi connectivity index (χ3v) is 2.98. The molecule has 0 radical (unpaired) electrons. The molecule has 2 aromatic rings. The summed E-state index contributed by atoms with van der Waals surface area (Å²) in [5, 5.41) is 1.03. The van der Waals surface area contributed by atoms with Crippen molar-refractivity contribution in [1.29, 1.82) is 0 Å². The van der Waals surface area contributed by atoms with Gasteiger partial charge in [0.15, 0.2) is 0 Å². The molecule has 4 nitrogen and oxygen atoms in total. The van der Waals surface area contributed by atoms with Gasteiger partial charge >= 0.3 is 5.97 Å². The quantitative estimate of drug-likeness (QED) is 0.851. The highest BCUT2D eigenvalue weighted by molar-refractivity contribution is 6.02. The Kier molecular flexibility index (Phi) is 4.58. The van der Waals surface area contributed by atoms with Gasteiger partial charge < -0.3 is 14.6 Å². The van der Waals surface area contributed by atoms with Crippen molar-refractivity contribution in [3.8, 4) is 0 Å². The van der Waals surface area contributed by atoms with Gasteiger partial charge in [0.05, 0.1) is 6.61 Å². The minimum Gasteiger partial charge on any atom is -0.461 e. The first-order valence-electron chi connectivity index (χ1n) is 6.72. The number of H-pyrrole nitrogens is 1. The van der Waals surface area contributed by atoms with Crippen LogP contribution in [0.25, 0.3) is 17.0 Å².